The Hall–Kier alpha value is -1.84. The summed E-state index contributed by atoms with van der Waals surface area (Å²) in [5.41, 5.74) is 2.82. The average molecular weight is 300 g/mol. The minimum atomic E-state index is -0.798. The van der Waals surface area contributed by atoms with Crippen molar-refractivity contribution in [1.82, 2.24) is 9.55 Å². The number of hydrogen-bond donors (Lipinski definition) is 1. The first-order valence-corrected chi connectivity index (χ1v) is 8.29. The highest BCUT2D eigenvalue weighted by Gasteiger charge is 2.15. The number of aliphatic carboxylic acids is 1. The van der Waals surface area contributed by atoms with E-state index in [9.17, 15) is 4.79 Å². The maximum Gasteiger partial charge on any atom is 0.307 e. The van der Waals surface area contributed by atoms with Gasteiger partial charge in [0.1, 0.15) is 5.82 Å². The first kappa shape index (κ1) is 15.1. The van der Waals surface area contributed by atoms with Crippen LogP contribution in [0.3, 0.4) is 0 Å². The normalized spacial score (nSPS) is 16.2. The highest BCUT2D eigenvalue weighted by atomic mass is 16.4. The molecule has 1 aliphatic carbocycles. The number of carboxylic acids is 1. The Labute approximate surface area is 131 Å². The number of imidazole rings is 1. The van der Waals surface area contributed by atoms with Crippen molar-refractivity contribution in [3.8, 4) is 0 Å². The van der Waals surface area contributed by atoms with Crippen LogP contribution in [0.1, 0.15) is 49.9 Å². The molecule has 0 bridgehead atoms. The van der Waals surface area contributed by atoms with Crippen LogP contribution in [-0.4, -0.2) is 20.6 Å². The summed E-state index contributed by atoms with van der Waals surface area (Å²) in [5, 5.41) is 8.90. The Morgan fingerprint density at radius 1 is 1.32 bits per heavy atom. The largest absolute Gasteiger partial charge is 0.481 e. The third-order valence-electron chi connectivity index (χ3n) is 4.89. The smallest absolute Gasteiger partial charge is 0.307 e. The predicted molar refractivity (Wildman–Crippen MR) is 86.9 cm³/mol. The topological polar surface area (TPSA) is 55.1 Å². The fraction of sp³-hybridized carbons (Fsp3) is 0.556. The van der Waals surface area contributed by atoms with Gasteiger partial charge in [0.25, 0.3) is 0 Å². The van der Waals surface area contributed by atoms with Crippen LogP contribution < -0.4 is 0 Å². The van der Waals surface area contributed by atoms with Gasteiger partial charge in [0.2, 0.25) is 0 Å². The monoisotopic (exact) mass is 300 g/mol. The van der Waals surface area contributed by atoms with E-state index in [1.807, 2.05) is 18.2 Å². The molecule has 1 aromatic heterocycles. The van der Waals surface area contributed by atoms with Gasteiger partial charge in [-0.3, -0.25) is 4.79 Å². The molecule has 0 spiro atoms. The SMILES string of the molecule is Cn1c(CCC2CCCCC2)nc2cc(CC(=O)O)ccc21. The lowest BCUT2D eigenvalue weighted by Gasteiger charge is -2.21. The van der Waals surface area contributed by atoms with Gasteiger partial charge in [-0.2, -0.15) is 0 Å². The van der Waals surface area contributed by atoms with E-state index >= 15 is 0 Å². The molecule has 1 aliphatic rings. The highest BCUT2D eigenvalue weighted by molar-refractivity contribution is 5.79. The molecule has 0 aliphatic heterocycles. The second kappa shape index (κ2) is 6.51. The van der Waals surface area contributed by atoms with Crippen molar-refractivity contribution in [2.45, 2.75) is 51.4 Å². The number of aryl methyl sites for hydroxylation is 2. The number of carbonyl (C=O) groups is 1. The summed E-state index contributed by atoms with van der Waals surface area (Å²) >= 11 is 0. The standard InChI is InChI=1S/C18H24N2O2/c1-20-16-9-7-14(12-18(21)22)11-15(16)19-17(20)10-8-13-5-3-2-4-6-13/h7,9,11,13H,2-6,8,10,12H2,1H3,(H,21,22). The molecule has 4 nitrogen and oxygen atoms in total. The van der Waals surface area contributed by atoms with E-state index < -0.39 is 5.97 Å². The molecule has 1 saturated carbocycles. The fourth-order valence-electron chi connectivity index (χ4n) is 3.61. The molecule has 1 heterocycles. The van der Waals surface area contributed by atoms with Crippen molar-refractivity contribution in [2.24, 2.45) is 13.0 Å². The number of benzene rings is 1. The summed E-state index contributed by atoms with van der Waals surface area (Å²) in [6, 6.07) is 5.79. The van der Waals surface area contributed by atoms with E-state index in [0.29, 0.717) is 0 Å². The van der Waals surface area contributed by atoms with Gasteiger partial charge in [-0.15, -0.1) is 0 Å². The number of aromatic nitrogens is 2. The molecule has 3 rings (SSSR count). The lowest BCUT2D eigenvalue weighted by atomic mass is 9.86. The van der Waals surface area contributed by atoms with Crippen LogP contribution in [0.25, 0.3) is 11.0 Å². The van der Waals surface area contributed by atoms with E-state index in [0.717, 1.165) is 34.8 Å². The first-order valence-electron chi connectivity index (χ1n) is 8.29. The number of carboxylic acid groups (broad SMARTS) is 1. The van der Waals surface area contributed by atoms with E-state index in [2.05, 4.69) is 11.6 Å². The van der Waals surface area contributed by atoms with E-state index in [4.69, 9.17) is 10.1 Å². The number of fused-ring (bicyclic) bond motifs is 1. The molecule has 1 aromatic carbocycles. The summed E-state index contributed by atoms with van der Waals surface area (Å²) in [6.07, 6.45) is 9.19. The molecule has 1 fully saturated rings. The van der Waals surface area contributed by atoms with Gasteiger partial charge in [0.05, 0.1) is 17.5 Å². The van der Waals surface area contributed by atoms with Crippen LogP contribution in [-0.2, 0) is 24.7 Å². The highest BCUT2D eigenvalue weighted by Crippen LogP contribution is 2.28. The molecule has 4 heteroatoms. The van der Waals surface area contributed by atoms with E-state index in [-0.39, 0.29) is 6.42 Å². The Kier molecular flexibility index (Phi) is 4.46. The molecule has 0 atom stereocenters. The Balaban J connectivity index is 1.75. The summed E-state index contributed by atoms with van der Waals surface area (Å²) in [7, 11) is 2.06. The van der Waals surface area contributed by atoms with Crippen LogP contribution >= 0.6 is 0 Å². The van der Waals surface area contributed by atoms with Gasteiger partial charge in [-0.25, -0.2) is 4.98 Å². The Morgan fingerprint density at radius 2 is 2.09 bits per heavy atom. The van der Waals surface area contributed by atoms with Crippen molar-refractivity contribution in [1.29, 1.82) is 0 Å². The third-order valence-corrected chi connectivity index (χ3v) is 4.89. The van der Waals surface area contributed by atoms with Crippen molar-refractivity contribution >= 4 is 17.0 Å². The maximum atomic E-state index is 10.8. The fourth-order valence-corrected chi connectivity index (χ4v) is 3.61. The minimum Gasteiger partial charge on any atom is -0.481 e. The number of hydrogen-bond acceptors (Lipinski definition) is 2. The van der Waals surface area contributed by atoms with Crippen LogP contribution in [0, 0.1) is 5.92 Å². The molecule has 0 amide bonds. The summed E-state index contributed by atoms with van der Waals surface area (Å²) in [4.78, 5) is 15.6. The first-order chi connectivity index (χ1) is 10.6. The maximum absolute atomic E-state index is 10.8. The molecule has 0 unspecified atom stereocenters. The minimum absolute atomic E-state index is 0.0594. The summed E-state index contributed by atoms with van der Waals surface area (Å²) < 4.78 is 2.16. The molecule has 2 aromatic rings. The van der Waals surface area contributed by atoms with Gasteiger partial charge < -0.3 is 9.67 Å². The average Bonchev–Trinajstić information content (AvgIpc) is 2.81. The van der Waals surface area contributed by atoms with Crippen molar-refractivity contribution < 1.29 is 9.90 Å². The van der Waals surface area contributed by atoms with E-state index in [1.54, 1.807) is 0 Å². The summed E-state index contributed by atoms with van der Waals surface area (Å²) in [6.45, 7) is 0. The zero-order chi connectivity index (χ0) is 15.5. The van der Waals surface area contributed by atoms with Crippen molar-refractivity contribution in [2.75, 3.05) is 0 Å². The quantitative estimate of drug-likeness (QED) is 0.915. The molecular weight excluding hydrogens is 276 g/mol. The van der Waals surface area contributed by atoms with Crippen LogP contribution in [0.4, 0.5) is 0 Å². The van der Waals surface area contributed by atoms with Crippen molar-refractivity contribution in [3.05, 3.63) is 29.6 Å². The third kappa shape index (κ3) is 3.32. The van der Waals surface area contributed by atoms with Gasteiger partial charge >= 0.3 is 5.97 Å². The zero-order valence-electron chi connectivity index (χ0n) is 13.2. The van der Waals surface area contributed by atoms with Gasteiger partial charge in [0.15, 0.2) is 0 Å². The molecule has 0 radical (unpaired) electrons. The second-order valence-corrected chi connectivity index (χ2v) is 6.52. The van der Waals surface area contributed by atoms with Gasteiger partial charge in [-0.05, 0) is 30.0 Å². The Bertz CT molecular complexity index is 669. The van der Waals surface area contributed by atoms with Crippen LogP contribution in [0.2, 0.25) is 0 Å². The molecule has 118 valence electrons. The molecular formula is C18H24N2O2. The lowest BCUT2D eigenvalue weighted by Crippen LogP contribution is -2.09. The number of nitrogens with zero attached hydrogens (tertiary/aromatic N) is 2. The summed E-state index contributed by atoms with van der Waals surface area (Å²) in [5.74, 6) is 1.18. The van der Waals surface area contributed by atoms with E-state index in [1.165, 1.54) is 38.5 Å². The van der Waals surface area contributed by atoms with Crippen molar-refractivity contribution in [3.63, 3.8) is 0 Å². The van der Waals surface area contributed by atoms with Crippen LogP contribution in [0.15, 0.2) is 18.2 Å². The molecule has 0 saturated heterocycles. The van der Waals surface area contributed by atoms with Crippen LogP contribution in [0.5, 0.6) is 0 Å². The predicted octanol–water partition coefficient (Wildman–Crippen LogP) is 3.71. The molecule has 1 N–H and O–H groups in total. The van der Waals surface area contributed by atoms with Gasteiger partial charge in [-0.1, -0.05) is 38.2 Å². The van der Waals surface area contributed by atoms with Gasteiger partial charge in [0, 0.05) is 13.5 Å². The molecule has 22 heavy (non-hydrogen) atoms. The second-order valence-electron chi connectivity index (χ2n) is 6.52. The Morgan fingerprint density at radius 3 is 2.82 bits per heavy atom. The lowest BCUT2D eigenvalue weighted by molar-refractivity contribution is -0.136. The number of rotatable bonds is 5. The zero-order valence-corrected chi connectivity index (χ0v) is 13.2.